The molecule has 0 bridgehead atoms. The summed E-state index contributed by atoms with van der Waals surface area (Å²) in [6, 6.07) is 3.16. The molecule has 5 rings (SSSR count). The highest BCUT2D eigenvalue weighted by Gasteiger charge is 2.31. The van der Waals surface area contributed by atoms with Crippen LogP contribution in [0.3, 0.4) is 0 Å². The number of H-pyrrole nitrogens is 1. The van der Waals surface area contributed by atoms with E-state index in [1.165, 1.54) is 12.1 Å². The largest absolute Gasteiger partial charge is 0.396 e. The number of hydrogen-bond donors (Lipinski definition) is 2. The van der Waals surface area contributed by atoms with Crippen LogP contribution in [-0.2, 0) is 0 Å². The van der Waals surface area contributed by atoms with E-state index in [1.54, 1.807) is 24.8 Å². The fraction of sp³-hybridized carbons (Fsp3) is 0.458. The Kier molecular flexibility index (Phi) is 8.15. The van der Waals surface area contributed by atoms with Crippen molar-refractivity contribution in [1.29, 1.82) is 0 Å². The molecule has 2 aliphatic rings. The van der Waals surface area contributed by atoms with Gasteiger partial charge in [-0.3, -0.25) is 10.00 Å². The number of benzene rings is 1. The molecule has 11 heteroatoms. The molecule has 35 heavy (non-hydrogen) atoms. The van der Waals surface area contributed by atoms with Crippen LogP contribution in [0.4, 0.5) is 20.4 Å². The summed E-state index contributed by atoms with van der Waals surface area (Å²) < 4.78 is 28.8. The number of anilines is 2. The van der Waals surface area contributed by atoms with Gasteiger partial charge in [-0.05, 0) is 37.0 Å². The summed E-state index contributed by atoms with van der Waals surface area (Å²) in [6.45, 7) is 4.58. The van der Waals surface area contributed by atoms with Crippen LogP contribution in [0.15, 0.2) is 43.0 Å². The van der Waals surface area contributed by atoms with Gasteiger partial charge >= 0.3 is 0 Å². The van der Waals surface area contributed by atoms with E-state index in [-0.39, 0.29) is 19.0 Å². The molecule has 2 fully saturated rings. The maximum absolute atomic E-state index is 14.7. The van der Waals surface area contributed by atoms with Crippen LogP contribution in [0, 0.1) is 17.6 Å². The third kappa shape index (κ3) is 5.39. The zero-order valence-electron chi connectivity index (χ0n) is 19.4. The molecule has 188 valence electrons. The van der Waals surface area contributed by atoms with E-state index in [4.69, 9.17) is 0 Å². The Hall–Kier alpha value is -2.82. The van der Waals surface area contributed by atoms with Gasteiger partial charge < -0.3 is 14.9 Å². The van der Waals surface area contributed by atoms with Gasteiger partial charge in [0, 0.05) is 75.6 Å². The number of nitrogens with one attached hydrogen (secondary N) is 1. The number of aromatic amines is 1. The maximum atomic E-state index is 14.7. The Morgan fingerprint density at radius 1 is 0.971 bits per heavy atom. The maximum Gasteiger partial charge on any atom is 0.172 e. The molecule has 1 aromatic carbocycles. The molecule has 0 amide bonds. The van der Waals surface area contributed by atoms with E-state index in [0.29, 0.717) is 37.7 Å². The Labute approximate surface area is 209 Å². The van der Waals surface area contributed by atoms with Gasteiger partial charge in [-0.2, -0.15) is 5.10 Å². The first-order chi connectivity index (χ1) is 16.6. The molecule has 1 unspecified atom stereocenters. The molecular formula is C24H30ClF2N7O. The van der Waals surface area contributed by atoms with Gasteiger partial charge in [0.1, 0.15) is 11.6 Å². The van der Waals surface area contributed by atoms with Crippen LogP contribution >= 0.6 is 12.4 Å². The van der Waals surface area contributed by atoms with Gasteiger partial charge in [-0.15, -0.1) is 12.4 Å². The average Bonchev–Trinajstić information content (AvgIpc) is 3.41. The molecular weight excluding hydrogens is 476 g/mol. The lowest BCUT2D eigenvalue weighted by atomic mass is 9.98. The van der Waals surface area contributed by atoms with Crippen LogP contribution in [-0.4, -0.2) is 76.0 Å². The molecule has 0 aliphatic carbocycles. The monoisotopic (exact) mass is 505 g/mol. The Balaban J connectivity index is 0.00000289. The third-order valence-corrected chi connectivity index (χ3v) is 6.90. The smallest absolute Gasteiger partial charge is 0.172 e. The molecule has 2 aliphatic heterocycles. The van der Waals surface area contributed by atoms with Gasteiger partial charge in [-0.1, -0.05) is 0 Å². The molecule has 1 atom stereocenters. The second-order valence-corrected chi connectivity index (χ2v) is 8.94. The van der Waals surface area contributed by atoms with Crippen LogP contribution in [0.25, 0.3) is 0 Å². The van der Waals surface area contributed by atoms with Crippen LogP contribution in [0.1, 0.15) is 30.0 Å². The van der Waals surface area contributed by atoms with Crippen molar-refractivity contribution >= 4 is 24.0 Å². The molecule has 0 radical (unpaired) electrons. The standard InChI is InChI=1S/C24H29F2N7O.ClH/c25-19-1-2-21(26)20(13-19)22(18-14-29-30-15-18)31-9-11-33(12-10-31)24-23(27-5-6-28-24)32-7-3-17(16-34)4-8-32;/h1-2,5-6,13-15,17,22,34H,3-4,7-12,16H2,(H,29,30);1H. The minimum absolute atomic E-state index is 0. The fourth-order valence-corrected chi connectivity index (χ4v) is 5.01. The van der Waals surface area contributed by atoms with Crippen molar-refractivity contribution < 1.29 is 13.9 Å². The van der Waals surface area contributed by atoms with Crippen molar-refractivity contribution in [2.24, 2.45) is 5.92 Å². The Morgan fingerprint density at radius 2 is 1.63 bits per heavy atom. The van der Waals surface area contributed by atoms with E-state index < -0.39 is 17.7 Å². The normalized spacial score (nSPS) is 18.4. The Bertz CT molecular complexity index is 1090. The van der Waals surface area contributed by atoms with Crippen molar-refractivity contribution in [2.75, 3.05) is 55.7 Å². The predicted octanol–water partition coefficient (Wildman–Crippen LogP) is 3.02. The first-order valence-corrected chi connectivity index (χ1v) is 11.7. The number of aliphatic hydroxyl groups is 1. The molecule has 2 N–H and O–H groups in total. The summed E-state index contributed by atoms with van der Waals surface area (Å²) in [6.07, 6.45) is 8.70. The van der Waals surface area contributed by atoms with Gasteiger partial charge in [-0.25, -0.2) is 18.7 Å². The molecule has 0 saturated carbocycles. The van der Waals surface area contributed by atoms with Crippen molar-refractivity contribution in [1.82, 2.24) is 25.1 Å². The zero-order valence-corrected chi connectivity index (χ0v) is 20.2. The van der Waals surface area contributed by atoms with Crippen LogP contribution in [0.2, 0.25) is 0 Å². The van der Waals surface area contributed by atoms with Crippen molar-refractivity contribution in [3.8, 4) is 0 Å². The number of hydrogen-bond acceptors (Lipinski definition) is 7. The number of aliphatic hydroxyl groups excluding tert-OH is 1. The quantitative estimate of drug-likeness (QED) is 0.532. The second kappa shape index (κ2) is 11.3. The number of aromatic nitrogens is 4. The van der Waals surface area contributed by atoms with Gasteiger partial charge in [0.2, 0.25) is 0 Å². The highest BCUT2D eigenvalue weighted by molar-refractivity contribution is 5.85. The molecule has 2 aromatic heterocycles. The van der Waals surface area contributed by atoms with E-state index in [0.717, 1.165) is 49.2 Å². The number of rotatable bonds is 6. The van der Waals surface area contributed by atoms with Crippen molar-refractivity contribution in [2.45, 2.75) is 18.9 Å². The summed E-state index contributed by atoms with van der Waals surface area (Å²) in [4.78, 5) is 15.9. The van der Waals surface area contributed by atoms with Gasteiger partial charge in [0.15, 0.2) is 11.6 Å². The SMILES string of the molecule is Cl.OCC1CCN(c2nccnc2N2CCN(C(c3cn[nH]c3)c3cc(F)ccc3F)CC2)CC1. The molecule has 2 saturated heterocycles. The summed E-state index contributed by atoms with van der Waals surface area (Å²) in [5.74, 6) is 1.18. The lowest BCUT2D eigenvalue weighted by molar-refractivity contribution is 0.202. The molecule has 3 aromatic rings. The number of piperazine rings is 1. The van der Waals surface area contributed by atoms with Gasteiger partial charge in [0.05, 0.1) is 12.2 Å². The topological polar surface area (TPSA) is 84.4 Å². The third-order valence-electron chi connectivity index (χ3n) is 6.90. The summed E-state index contributed by atoms with van der Waals surface area (Å²) in [5, 5.41) is 16.3. The first-order valence-electron chi connectivity index (χ1n) is 11.7. The fourth-order valence-electron chi connectivity index (χ4n) is 5.01. The minimum Gasteiger partial charge on any atom is -0.396 e. The highest BCUT2D eigenvalue weighted by atomic mass is 35.5. The average molecular weight is 506 g/mol. The van der Waals surface area contributed by atoms with Crippen molar-refractivity contribution in [3.63, 3.8) is 0 Å². The van der Waals surface area contributed by atoms with E-state index in [2.05, 4.69) is 34.9 Å². The van der Waals surface area contributed by atoms with Gasteiger partial charge in [0.25, 0.3) is 0 Å². The van der Waals surface area contributed by atoms with Crippen LogP contribution < -0.4 is 9.80 Å². The first kappa shape index (κ1) is 25.3. The Morgan fingerprint density at radius 3 is 2.23 bits per heavy atom. The number of nitrogens with zero attached hydrogens (tertiary/aromatic N) is 6. The number of piperidine rings is 1. The molecule has 0 spiro atoms. The lowest BCUT2D eigenvalue weighted by Gasteiger charge is -2.41. The number of halogens is 3. The predicted molar refractivity (Wildman–Crippen MR) is 132 cm³/mol. The minimum atomic E-state index is -0.460. The van der Waals surface area contributed by atoms with E-state index >= 15 is 0 Å². The van der Waals surface area contributed by atoms with Crippen molar-refractivity contribution in [3.05, 3.63) is 65.7 Å². The van der Waals surface area contributed by atoms with Crippen LogP contribution in [0.5, 0.6) is 0 Å². The lowest BCUT2D eigenvalue weighted by Crippen LogP contribution is -2.49. The van der Waals surface area contributed by atoms with E-state index in [9.17, 15) is 13.9 Å². The second-order valence-electron chi connectivity index (χ2n) is 8.94. The molecule has 8 nitrogen and oxygen atoms in total. The zero-order chi connectivity index (χ0) is 23.5. The summed E-state index contributed by atoms with van der Waals surface area (Å²) in [7, 11) is 0. The summed E-state index contributed by atoms with van der Waals surface area (Å²) in [5.41, 5.74) is 1.10. The van der Waals surface area contributed by atoms with E-state index in [1.807, 2.05) is 0 Å². The highest BCUT2D eigenvalue weighted by Crippen LogP contribution is 2.34. The summed E-state index contributed by atoms with van der Waals surface area (Å²) >= 11 is 0. The molecule has 4 heterocycles.